The molecule has 11 heteroatoms. The van der Waals surface area contributed by atoms with Crippen LogP contribution in [0.2, 0.25) is 0 Å². The van der Waals surface area contributed by atoms with Crippen molar-refractivity contribution in [2.24, 2.45) is 5.11 Å². The number of aromatic amines is 1. The van der Waals surface area contributed by atoms with E-state index >= 15 is 0 Å². The Labute approximate surface area is 129 Å². The second-order valence-electron chi connectivity index (χ2n) is 4.96. The molecule has 0 bridgehead atoms. The molecule has 0 aromatic carbocycles. The van der Waals surface area contributed by atoms with E-state index in [1.807, 2.05) is 0 Å². The van der Waals surface area contributed by atoms with Crippen LogP contribution in [0.25, 0.3) is 10.4 Å². The molecule has 0 aliphatic carbocycles. The molecule has 0 spiro atoms. The Morgan fingerprint density at radius 3 is 3.04 bits per heavy atom. The number of carbonyl (C=O) groups is 1. The third kappa shape index (κ3) is 3.71. The van der Waals surface area contributed by atoms with Gasteiger partial charge in [-0.2, -0.15) is 0 Å². The van der Waals surface area contributed by atoms with Crippen molar-refractivity contribution in [1.82, 2.24) is 14.9 Å². The van der Waals surface area contributed by atoms with E-state index in [1.165, 1.54) is 17.8 Å². The van der Waals surface area contributed by atoms with Crippen molar-refractivity contribution in [2.45, 2.75) is 31.7 Å². The summed E-state index contributed by atoms with van der Waals surface area (Å²) in [4.78, 5) is 39.4. The van der Waals surface area contributed by atoms with Gasteiger partial charge < -0.3 is 14.8 Å². The van der Waals surface area contributed by atoms with Gasteiger partial charge in [-0.25, -0.2) is 9.59 Å². The van der Waals surface area contributed by atoms with Crippen LogP contribution < -0.4 is 16.6 Å². The molecule has 3 atom stereocenters. The van der Waals surface area contributed by atoms with E-state index in [4.69, 9.17) is 15.0 Å². The first kappa shape index (κ1) is 16.6. The fourth-order valence-electron chi connectivity index (χ4n) is 2.25. The van der Waals surface area contributed by atoms with Crippen molar-refractivity contribution in [3.05, 3.63) is 43.0 Å². The minimum absolute atomic E-state index is 0.128. The molecular formula is C12H16N6O5. The van der Waals surface area contributed by atoms with Crippen molar-refractivity contribution in [3.63, 3.8) is 0 Å². The fourth-order valence-corrected chi connectivity index (χ4v) is 2.25. The lowest BCUT2D eigenvalue weighted by atomic mass is 10.1. The number of ether oxygens (including phenoxy) is 2. The number of hydrogen-bond acceptors (Lipinski definition) is 6. The van der Waals surface area contributed by atoms with E-state index < -0.39 is 35.7 Å². The highest BCUT2D eigenvalue weighted by Gasteiger charge is 2.37. The van der Waals surface area contributed by atoms with E-state index in [1.54, 1.807) is 6.92 Å². The van der Waals surface area contributed by atoms with Crippen molar-refractivity contribution >= 4 is 6.09 Å². The number of carbonyl (C=O) groups excluding carboxylic acids is 1. The largest absolute Gasteiger partial charge is 0.447 e. The molecule has 0 unspecified atom stereocenters. The zero-order valence-electron chi connectivity index (χ0n) is 12.6. The zero-order valence-corrected chi connectivity index (χ0v) is 12.6. The topological polar surface area (TPSA) is 151 Å². The Morgan fingerprint density at radius 2 is 2.39 bits per heavy atom. The molecule has 0 saturated carbocycles. The summed E-state index contributed by atoms with van der Waals surface area (Å²) in [7, 11) is 1.41. The van der Waals surface area contributed by atoms with E-state index in [-0.39, 0.29) is 13.0 Å². The van der Waals surface area contributed by atoms with Crippen LogP contribution in [-0.4, -0.2) is 41.4 Å². The van der Waals surface area contributed by atoms with E-state index in [0.717, 1.165) is 0 Å². The highest BCUT2D eigenvalue weighted by molar-refractivity contribution is 5.66. The predicted molar refractivity (Wildman–Crippen MR) is 77.9 cm³/mol. The Kier molecular flexibility index (Phi) is 5.04. The first-order valence-corrected chi connectivity index (χ1v) is 6.82. The summed E-state index contributed by atoms with van der Waals surface area (Å²) in [6, 6.07) is -0.603. The third-order valence-corrected chi connectivity index (χ3v) is 3.44. The summed E-state index contributed by atoms with van der Waals surface area (Å²) in [5, 5.41) is 5.90. The summed E-state index contributed by atoms with van der Waals surface area (Å²) >= 11 is 0. The number of nitrogens with zero attached hydrogens (tertiary/aromatic N) is 4. The van der Waals surface area contributed by atoms with Crippen LogP contribution in [-0.2, 0) is 9.47 Å². The van der Waals surface area contributed by atoms with Crippen LogP contribution >= 0.6 is 0 Å². The fraction of sp³-hybridized carbons (Fsp3) is 0.583. The normalized spacial score (nSPS) is 23.1. The lowest BCUT2D eigenvalue weighted by Gasteiger charge is -2.16. The molecule has 1 aliphatic heterocycles. The first-order valence-electron chi connectivity index (χ1n) is 6.82. The van der Waals surface area contributed by atoms with Gasteiger partial charge in [0.15, 0.2) is 0 Å². The molecule has 1 aromatic heterocycles. The first-order chi connectivity index (χ1) is 11.0. The molecule has 2 N–H and O–H groups in total. The Morgan fingerprint density at radius 1 is 1.65 bits per heavy atom. The molecule has 11 nitrogen and oxygen atoms in total. The van der Waals surface area contributed by atoms with Gasteiger partial charge in [0.2, 0.25) is 0 Å². The minimum Gasteiger partial charge on any atom is -0.447 e. The SMILES string of the molecule is CNC(=O)OC[C@H]1O[C@@H](n2cc(C)c(=O)[nH]c2=O)C[C@@H]1N=[N+]=[N-]. The van der Waals surface area contributed by atoms with Crippen LogP contribution in [0.4, 0.5) is 4.79 Å². The van der Waals surface area contributed by atoms with E-state index in [0.29, 0.717) is 5.56 Å². The molecule has 1 aromatic rings. The zero-order chi connectivity index (χ0) is 17.0. The number of alkyl carbamates (subject to hydrolysis) is 1. The molecule has 2 rings (SSSR count). The van der Waals surface area contributed by atoms with Crippen LogP contribution in [0.5, 0.6) is 0 Å². The number of aryl methyl sites for hydroxylation is 1. The van der Waals surface area contributed by atoms with Gasteiger partial charge in [0.05, 0.1) is 6.04 Å². The minimum atomic E-state index is -0.730. The summed E-state index contributed by atoms with van der Waals surface area (Å²) in [6.45, 7) is 1.43. The smallest absolute Gasteiger partial charge is 0.406 e. The molecule has 1 amide bonds. The monoisotopic (exact) mass is 324 g/mol. The molecule has 124 valence electrons. The van der Waals surface area contributed by atoms with Gasteiger partial charge in [-0.05, 0) is 12.5 Å². The van der Waals surface area contributed by atoms with Crippen molar-refractivity contribution in [3.8, 4) is 0 Å². The standard InChI is InChI=1S/C12H16N6O5/c1-6-4-18(11(20)15-10(6)19)9-3-7(16-17-13)8(23-9)5-22-12(21)14-2/h4,7-9H,3,5H2,1-2H3,(H,14,21)(H,15,19,20)/t7-,8+,9+/m0/s1. The Bertz CT molecular complexity index is 749. The molecule has 0 radical (unpaired) electrons. The summed E-state index contributed by atoms with van der Waals surface area (Å²) in [5.74, 6) is 0. The highest BCUT2D eigenvalue weighted by atomic mass is 16.6. The van der Waals surface area contributed by atoms with E-state index in [2.05, 4.69) is 20.3 Å². The van der Waals surface area contributed by atoms with Crippen molar-refractivity contribution in [2.75, 3.05) is 13.7 Å². The van der Waals surface area contributed by atoms with Crippen LogP contribution in [0.1, 0.15) is 18.2 Å². The summed E-state index contributed by atoms with van der Waals surface area (Å²) in [6.07, 6.45) is -0.467. The Balaban J connectivity index is 2.21. The average molecular weight is 324 g/mol. The van der Waals surface area contributed by atoms with Crippen LogP contribution in [0.15, 0.2) is 20.9 Å². The van der Waals surface area contributed by atoms with Gasteiger partial charge in [0.1, 0.15) is 18.9 Å². The van der Waals surface area contributed by atoms with Gasteiger partial charge in [0.25, 0.3) is 5.56 Å². The molecule has 1 aliphatic rings. The molecular weight excluding hydrogens is 308 g/mol. The maximum atomic E-state index is 11.9. The highest BCUT2D eigenvalue weighted by Crippen LogP contribution is 2.30. The molecule has 1 saturated heterocycles. The average Bonchev–Trinajstić information content (AvgIpc) is 2.91. The summed E-state index contributed by atoms with van der Waals surface area (Å²) < 4.78 is 11.8. The van der Waals surface area contributed by atoms with E-state index in [9.17, 15) is 14.4 Å². The lowest BCUT2D eigenvalue weighted by Crippen LogP contribution is -2.33. The molecule has 2 heterocycles. The summed E-state index contributed by atoms with van der Waals surface area (Å²) in [5.41, 5.74) is 7.87. The third-order valence-electron chi connectivity index (χ3n) is 3.44. The molecule has 1 fully saturated rings. The van der Waals surface area contributed by atoms with Gasteiger partial charge in [0, 0.05) is 30.1 Å². The quantitative estimate of drug-likeness (QED) is 0.459. The number of nitrogens with one attached hydrogen (secondary N) is 2. The number of azide groups is 1. The second kappa shape index (κ2) is 6.99. The number of hydrogen-bond donors (Lipinski definition) is 2. The lowest BCUT2D eigenvalue weighted by molar-refractivity contribution is -0.0305. The maximum Gasteiger partial charge on any atom is 0.406 e. The second-order valence-corrected chi connectivity index (χ2v) is 4.96. The number of aromatic nitrogens is 2. The van der Waals surface area contributed by atoms with Gasteiger partial charge in [-0.15, -0.1) is 0 Å². The van der Waals surface area contributed by atoms with Crippen molar-refractivity contribution < 1.29 is 14.3 Å². The van der Waals surface area contributed by atoms with Gasteiger partial charge in [-0.1, -0.05) is 5.11 Å². The molecule has 23 heavy (non-hydrogen) atoms. The predicted octanol–water partition coefficient (Wildman–Crippen LogP) is 0.167. The van der Waals surface area contributed by atoms with Gasteiger partial charge >= 0.3 is 11.8 Å². The maximum absolute atomic E-state index is 11.9. The van der Waals surface area contributed by atoms with Crippen LogP contribution in [0, 0.1) is 6.92 Å². The number of H-pyrrole nitrogens is 1. The number of amides is 1. The number of rotatable bonds is 4. The van der Waals surface area contributed by atoms with Crippen LogP contribution in [0.3, 0.4) is 0 Å². The van der Waals surface area contributed by atoms with Gasteiger partial charge in [-0.3, -0.25) is 14.3 Å². The van der Waals surface area contributed by atoms with Crippen molar-refractivity contribution in [1.29, 1.82) is 0 Å². The Hall–Kier alpha value is -2.78.